The number of benzene rings is 4. The summed E-state index contributed by atoms with van der Waals surface area (Å²) in [5, 5.41) is 2.33. The maximum absolute atomic E-state index is 6.06. The molecule has 28 heavy (non-hydrogen) atoms. The molecule has 0 radical (unpaired) electrons. The topological polar surface area (TPSA) is 13.1 Å². The average Bonchev–Trinajstić information content (AvgIpc) is 3.13. The van der Waals surface area contributed by atoms with Gasteiger partial charge in [0.15, 0.2) is 0 Å². The van der Waals surface area contributed by atoms with E-state index in [0.717, 1.165) is 21.9 Å². The molecule has 1 nitrogen and oxygen atoms in total. The van der Waals surface area contributed by atoms with Crippen molar-refractivity contribution >= 4 is 21.9 Å². The molecule has 0 N–H and O–H groups in total. The molecule has 1 heterocycles. The summed E-state index contributed by atoms with van der Waals surface area (Å²) in [7, 11) is 0. The molecular formula is C27H24O. The van der Waals surface area contributed by atoms with Gasteiger partial charge in [-0.2, -0.15) is 0 Å². The van der Waals surface area contributed by atoms with E-state index < -0.39 is 0 Å². The smallest absolute Gasteiger partial charge is 0.135 e. The molecule has 0 saturated carbocycles. The first kappa shape index (κ1) is 18.1. The van der Waals surface area contributed by atoms with Crippen molar-refractivity contribution in [3.8, 4) is 22.3 Å². The van der Waals surface area contributed by atoms with E-state index in [1.54, 1.807) is 0 Å². The van der Waals surface area contributed by atoms with Gasteiger partial charge in [0.05, 0.1) is 0 Å². The van der Waals surface area contributed by atoms with Gasteiger partial charge < -0.3 is 4.42 Å². The minimum atomic E-state index is 0.932. The van der Waals surface area contributed by atoms with Crippen LogP contribution in [0.5, 0.6) is 0 Å². The highest BCUT2D eigenvalue weighted by Gasteiger charge is 2.10. The first-order valence-electron chi connectivity index (χ1n) is 9.87. The lowest BCUT2D eigenvalue weighted by Gasteiger charge is -2.03. The Kier molecular flexibility index (Phi) is 4.99. The largest absolute Gasteiger partial charge is 0.456 e. The van der Waals surface area contributed by atoms with Gasteiger partial charge >= 0.3 is 0 Å². The zero-order valence-electron chi connectivity index (χ0n) is 16.6. The summed E-state index contributed by atoms with van der Waals surface area (Å²) in [6.45, 7) is 6.13. The lowest BCUT2D eigenvalue weighted by Crippen LogP contribution is -1.80. The molecule has 138 valence electrons. The van der Waals surface area contributed by atoms with Crippen molar-refractivity contribution in [3.63, 3.8) is 0 Å². The van der Waals surface area contributed by atoms with Crippen LogP contribution in [0.4, 0.5) is 0 Å². The molecule has 0 saturated heterocycles. The third-order valence-electron chi connectivity index (χ3n) is 4.93. The van der Waals surface area contributed by atoms with E-state index in [-0.39, 0.29) is 0 Å². The summed E-state index contributed by atoms with van der Waals surface area (Å²) in [6, 6.07) is 32.0. The quantitative estimate of drug-likeness (QED) is 0.307. The first-order chi connectivity index (χ1) is 13.8. The Bertz CT molecular complexity index is 1230. The number of hydrogen-bond acceptors (Lipinski definition) is 1. The molecule has 5 aromatic rings. The second kappa shape index (κ2) is 7.74. The Labute approximate surface area is 166 Å². The number of fused-ring (bicyclic) bond motifs is 3. The molecular weight excluding hydrogens is 340 g/mol. The van der Waals surface area contributed by atoms with Crippen LogP contribution in [0.2, 0.25) is 0 Å². The van der Waals surface area contributed by atoms with Gasteiger partial charge in [0.1, 0.15) is 11.2 Å². The third kappa shape index (κ3) is 3.32. The summed E-state index contributed by atoms with van der Waals surface area (Å²) in [4.78, 5) is 0. The lowest BCUT2D eigenvalue weighted by atomic mass is 9.99. The molecule has 0 unspecified atom stereocenters. The minimum Gasteiger partial charge on any atom is -0.456 e. The highest BCUT2D eigenvalue weighted by atomic mass is 16.3. The fourth-order valence-corrected chi connectivity index (χ4v) is 3.59. The summed E-state index contributed by atoms with van der Waals surface area (Å²) >= 11 is 0. The zero-order valence-corrected chi connectivity index (χ0v) is 16.6. The second-order valence-electron chi connectivity index (χ2n) is 6.76. The number of aryl methyl sites for hydroxylation is 1. The molecule has 0 bridgehead atoms. The predicted molar refractivity (Wildman–Crippen MR) is 121 cm³/mol. The fourth-order valence-electron chi connectivity index (χ4n) is 3.59. The maximum atomic E-state index is 6.06. The van der Waals surface area contributed by atoms with E-state index in [2.05, 4.69) is 91.9 Å². The molecule has 1 heteroatoms. The SMILES string of the molecule is CC.Cc1cccc(-c2ccc3oc4ccc(-c5ccccc5)cc4c3c2)c1. The predicted octanol–water partition coefficient (Wildman–Crippen LogP) is 8.25. The van der Waals surface area contributed by atoms with Gasteiger partial charge in [-0.15, -0.1) is 0 Å². The second-order valence-corrected chi connectivity index (χ2v) is 6.76. The van der Waals surface area contributed by atoms with Crippen molar-refractivity contribution in [1.29, 1.82) is 0 Å². The van der Waals surface area contributed by atoms with E-state index in [1.165, 1.54) is 27.8 Å². The van der Waals surface area contributed by atoms with E-state index >= 15 is 0 Å². The summed E-state index contributed by atoms with van der Waals surface area (Å²) in [6.07, 6.45) is 0. The monoisotopic (exact) mass is 364 g/mol. The molecule has 0 aliphatic rings. The number of rotatable bonds is 2. The molecule has 0 aliphatic carbocycles. The maximum Gasteiger partial charge on any atom is 0.135 e. The Hall–Kier alpha value is -3.32. The molecule has 0 aliphatic heterocycles. The van der Waals surface area contributed by atoms with Crippen molar-refractivity contribution in [1.82, 2.24) is 0 Å². The van der Waals surface area contributed by atoms with Crippen LogP contribution in [0.1, 0.15) is 19.4 Å². The van der Waals surface area contributed by atoms with Crippen molar-refractivity contribution in [3.05, 3.63) is 96.6 Å². The number of hydrogen-bond donors (Lipinski definition) is 0. The molecule has 0 spiro atoms. The van der Waals surface area contributed by atoms with Crippen LogP contribution < -0.4 is 0 Å². The Balaban J connectivity index is 0.000000932. The van der Waals surface area contributed by atoms with Crippen LogP contribution in [0, 0.1) is 6.92 Å². The molecule has 1 aromatic heterocycles. The van der Waals surface area contributed by atoms with Crippen molar-refractivity contribution in [2.45, 2.75) is 20.8 Å². The summed E-state index contributed by atoms with van der Waals surface area (Å²) in [5.74, 6) is 0. The van der Waals surface area contributed by atoms with E-state index in [0.29, 0.717) is 0 Å². The third-order valence-corrected chi connectivity index (χ3v) is 4.93. The summed E-state index contributed by atoms with van der Waals surface area (Å²) in [5.41, 5.74) is 8.02. The van der Waals surface area contributed by atoms with Crippen molar-refractivity contribution < 1.29 is 4.42 Å². The van der Waals surface area contributed by atoms with Crippen LogP contribution in [0.15, 0.2) is 95.4 Å². The van der Waals surface area contributed by atoms with Crippen LogP contribution >= 0.6 is 0 Å². The Morgan fingerprint density at radius 2 is 1.04 bits per heavy atom. The van der Waals surface area contributed by atoms with Gasteiger partial charge in [-0.1, -0.05) is 86.1 Å². The Morgan fingerprint density at radius 1 is 0.500 bits per heavy atom. The highest BCUT2D eigenvalue weighted by molar-refractivity contribution is 6.07. The van der Waals surface area contributed by atoms with Gasteiger partial charge in [0, 0.05) is 10.8 Å². The molecule has 0 fully saturated rings. The van der Waals surface area contributed by atoms with E-state index in [9.17, 15) is 0 Å². The normalized spacial score (nSPS) is 10.7. The molecule has 4 aromatic carbocycles. The highest BCUT2D eigenvalue weighted by Crippen LogP contribution is 2.35. The van der Waals surface area contributed by atoms with Gasteiger partial charge in [0.25, 0.3) is 0 Å². The fraction of sp³-hybridized carbons (Fsp3) is 0.111. The van der Waals surface area contributed by atoms with Crippen LogP contribution in [0.25, 0.3) is 44.2 Å². The summed E-state index contributed by atoms with van der Waals surface area (Å²) < 4.78 is 6.06. The van der Waals surface area contributed by atoms with Crippen LogP contribution in [0.3, 0.4) is 0 Å². The van der Waals surface area contributed by atoms with Gasteiger partial charge in [-0.25, -0.2) is 0 Å². The minimum absolute atomic E-state index is 0.932. The van der Waals surface area contributed by atoms with E-state index in [1.807, 2.05) is 19.9 Å². The molecule has 5 rings (SSSR count). The molecule has 0 amide bonds. The van der Waals surface area contributed by atoms with Gasteiger partial charge in [0.2, 0.25) is 0 Å². The lowest BCUT2D eigenvalue weighted by molar-refractivity contribution is 0.669. The number of furan rings is 1. The van der Waals surface area contributed by atoms with Crippen LogP contribution in [-0.4, -0.2) is 0 Å². The van der Waals surface area contributed by atoms with Gasteiger partial charge in [-0.05, 0) is 53.4 Å². The average molecular weight is 364 g/mol. The zero-order chi connectivity index (χ0) is 19.5. The standard InChI is InChI=1S/C25H18O.C2H6/c1-17-6-5-9-19(14-17)21-11-13-25-23(16-21)22-15-20(10-12-24(22)26-25)18-7-3-2-4-8-18;1-2/h2-16H,1H3;1-2H3. The van der Waals surface area contributed by atoms with E-state index in [4.69, 9.17) is 4.42 Å². The molecule has 0 atom stereocenters. The van der Waals surface area contributed by atoms with Crippen molar-refractivity contribution in [2.75, 3.05) is 0 Å². The van der Waals surface area contributed by atoms with Crippen molar-refractivity contribution in [2.24, 2.45) is 0 Å². The first-order valence-corrected chi connectivity index (χ1v) is 9.87. The van der Waals surface area contributed by atoms with Gasteiger partial charge in [-0.3, -0.25) is 0 Å². The van der Waals surface area contributed by atoms with Crippen LogP contribution in [-0.2, 0) is 0 Å². The Morgan fingerprint density at radius 3 is 1.64 bits per heavy atom.